The van der Waals surface area contributed by atoms with Crippen LogP contribution in [-0.2, 0) is 10.5 Å². The molecule has 0 aliphatic carbocycles. The summed E-state index contributed by atoms with van der Waals surface area (Å²) in [5.74, 6) is 1.85. The average molecular weight is 402 g/mol. The maximum atomic E-state index is 12.3. The first-order valence-electron chi connectivity index (χ1n) is 8.26. The number of ether oxygens (including phenoxy) is 2. The molecule has 2 aromatic carbocycles. The Morgan fingerprint density at radius 1 is 1.11 bits per heavy atom. The number of aromatic nitrogens is 2. The molecule has 3 rings (SSSR count). The van der Waals surface area contributed by atoms with E-state index in [0.29, 0.717) is 10.9 Å². The topological polar surface area (TPSA) is 73.3 Å². The van der Waals surface area contributed by atoms with Gasteiger partial charge < -0.3 is 9.47 Å². The number of methoxy groups -OCH3 is 1. The minimum absolute atomic E-state index is 0.276. The maximum Gasteiger partial charge on any atom is 0.266 e. The lowest BCUT2D eigenvalue weighted by Crippen LogP contribution is -2.30. The Bertz CT molecular complexity index is 869. The summed E-state index contributed by atoms with van der Waals surface area (Å²) < 4.78 is 11.5. The largest absolute Gasteiger partial charge is 0.497 e. The van der Waals surface area contributed by atoms with Crippen molar-refractivity contribution in [3.63, 3.8) is 0 Å². The predicted molar refractivity (Wildman–Crippen MR) is 108 cm³/mol. The van der Waals surface area contributed by atoms with Crippen molar-refractivity contribution >= 4 is 34.1 Å². The van der Waals surface area contributed by atoms with E-state index < -0.39 is 6.10 Å². The lowest BCUT2D eigenvalue weighted by atomic mass is 10.2. The third kappa shape index (κ3) is 5.70. The summed E-state index contributed by atoms with van der Waals surface area (Å²) in [5.41, 5.74) is 1.21. The summed E-state index contributed by atoms with van der Waals surface area (Å²) in [6.07, 6.45) is -0.664. The van der Waals surface area contributed by atoms with Crippen molar-refractivity contribution in [3.8, 4) is 11.5 Å². The minimum Gasteiger partial charge on any atom is -0.497 e. The van der Waals surface area contributed by atoms with Gasteiger partial charge in [-0.25, -0.2) is 0 Å². The summed E-state index contributed by atoms with van der Waals surface area (Å²) >= 11 is 2.93. The highest BCUT2D eigenvalue weighted by molar-refractivity contribution is 8.00. The normalized spacial score (nSPS) is 11.6. The molecule has 1 aromatic heterocycles. The number of carbonyl (C=O) groups excluding carboxylic acids is 1. The van der Waals surface area contributed by atoms with Crippen LogP contribution in [0.15, 0.2) is 58.9 Å². The van der Waals surface area contributed by atoms with Crippen LogP contribution in [0.5, 0.6) is 11.5 Å². The Balaban J connectivity index is 1.50. The van der Waals surface area contributed by atoms with Crippen molar-refractivity contribution in [1.82, 2.24) is 10.2 Å². The van der Waals surface area contributed by atoms with Gasteiger partial charge in [0.15, 0.2) is 10.4 Å². The van der Waals surface area contributed by atoms with E-state index in [-0.39, 0.29) is 5.91 Å². The number of anilines is 1. The van der Waals surface area contributed by atoms with Crippen LogP contribution in [0, 0.1) is 0 Å². The Morgan fingerprint density at radius 2 is 1.81 bits per heavy atom. The molecule has 1 N–H and O–H groups in total. The Kier molecular flexibility index (Phi) is 6.67. The van der Waals surface area contributed by atoms with Gasteiger partial charge in [-0.3, -0.25) is 10.1 Å². The number of rotatable bonds is 8. The standard InChI is InChI=1S/C19H19N3O3S2/c1-13(25-16-10-8-15(24-2)9-11-16)17(23)20-18-21-22-19(27-18)26-12-14-6-4-3-5-7-14/h3-11,13H,12H2,1-2H3,(H,20,21,23). The quantitative estimate of drug-likeness (QED) is 0.449. The van der Waals surface area contributed by atoms with Crippen LogP contribution in [0.25, 0.3) is 0 Å². The molecule has 0 fully saturated rings. The molecule has 1 unspecified atom stereocenters. The van der Waals surface area contributed by atoms with Crippen LogP contribution < -0.4 is 14.8 Å². The highest BCUT2D eigenvalue weighted by Crippen LogP contribution is 2.28. The summed E-state index contributed by atoms with van der Waals surface area (Å²) in [6, 6.07) is 17.2. The van der Waals surface area contributed by atoms with Gasteiger partial charge in [-0.1, -0.05) is 53.4 Å². The molecule has 3 aromatic rings. The van der Waals surface area contributed by atoms with Crippen LogP contribution in [0.2, 0.25) is 0 Å². The van der Waals surface area contributed by atoms with Crippen LogP contribution in [0.1, 0.15) is 12.5 Å². The van der Waals surface area contributed by atoms with E-state index >= 15 is 0 Å². The summed E-state index contributed by atoms with van der Waals surface area (Å²) in [5, 5.41) is 11.3. The molecule has 0 bridgehead atoms. The number of nitrogens with one attached hydrogen (secondary N) is 1. The van der Waals surface area contributed by atoms with Crippen LogP contribution in [-0.4, -0.2) is 29.3 Å². The van der Waals surface area contributed by atoms with Crippen molar-refractivity contribution in [2.45, 2.75) is 23.1 Å². The van der Waals surface area contributed by atoms with Gasteiger partial charge in [0.2, 0.25) is 5.13 Å². The fourth-order valence-electron chi connectivity index (χ4n) is 2.16. The van der Waals surface area contributed by atoms with E-state index in [1.165, 1.54) is 16.9 Å². The van der Waals surface area contributed by atoms with Crippen LogP contribution >= 0.6 is 23.1 Å². The molecule has 0 spiro atoms. The first kappa shape index (κ1) is 19.2. The molecule has 0 radical (unpaired) electrons. The van der Waals surface area contributed by atoms with Gasteiger partial charge in [-0.2, -0.15) is 0 Å². The van der Waals surface area contributed by atoms with Gasteiger partial charge in [-0.15, -0.1) is 10.2 Å². The van der Waals surface area contributed by atoms with Crippen LogP contribution in [0.3, 0.4) is 0 Å². The van der Waals surface area contributed by atoms with Gasteiger partial charge in [0.25, 0.3) is 5.91 Å². The van der Waals surface area contributed by atoms with E-state index in [2.05, 4.69) is 27.6 Å². The first-order valence-corrected chi connectivity index (χ1v) is 10.1. The molecule has 0 saturated heterocycles. The Morgan fingerprint density at radius 3 is 2.52 bits per heavy atom. The molecule has 1 heterocycles. The summed E-state index contributed by atoms with van der Waals surface area (Å²) in [7, 11) is 1.60. The fourth-order valence-corrected chi connectivity index (χ4v) is 3.87. The molecule has 140 valence electrons. The predicted octanol–water partition coefficient (Wildman–Crippen LogP) is 4.25. The van der Waals surface area contributed by atoms with E-state index in [9.17, 15) is 4.79 Å². The van der Waals surface area contributed by atoms with Gasteiger partial charge in [0.05, 0.1) is 7.11 Å². The Labute approximate surface area is 165 Å². The van der Waals surface area contributed by atoms with Crippen molar-refractivity contribution in [2.24, 2.45) is 0 Å². The molecule has 0 saturated carbocycles. The molecule has 27 heavy (non-hydrogen) atoms. The lowest BCUT2D eigenvalue weighted by molar-refractivity contribution is -0.122. The number of carbonyl (C=O) groups is 1. The molecule has 1 atom stereocenters. The highest BCUT2D eigenvalue weighted by Gasteiger charge is 2.17. The summed E-state index contributed by atoms with van der Waals surface area (Å²) in [6.45, 7) is 1.69. The number of nitrogens with zero attached hydrogens (tertiary/aromatic N) is 2. The third-order valence-corrected chi connectivity index (χ3v) is 5.63. The fraction of sp³-hybridized carbons (Fsp3) is 0.211. The molecule has 6 nitrogen and oxygen atoms in total. The van der Waals surface area contributed by atoms with Crippen LogP contribution in [0.4, 0.5) is 5.13 Å². The van der Waals surface area contributed by atoms with Gasteiger partial charge in [0, 0.05) is 5.75 Å². The van der Waals surface area contributed by atoms with Crippen molar-refractivity contribution < 1.29 is 14.3 Å². The number of benzene rings is 2. The molecule has 0 aliphatic heterocycles. The third-order valence-electron chi connectivity index (χ3n) is 3.58. The number of hydrogen-bond acceptors (Lipinski definition) is 7. The second-order valence-corrected chi connectivity index (χ2v) is 7.77. The second-order valence-electron chi connectivity index (χ2n) is 5.57. The molecule has 8 heteroatoms. The number of amides is 1. The van der Waals surface area contributed by atoms with Crippen molar-refractivity contribution in [1.29, 1.82) is 0 Å². The van der Waals surface area contributed by atoms with Gasteiger partial charge >= 0.3 is 0 Å². The number of thioether (sulfide) groups is 1. The van der Waals surface area contributed by atoms with E-state index in [1.54, 1.807) is 50.1 Å². The SMILES string of the molecule is COc1ccc(OC(C)C(=O)Nc2nnc(SCc3ccccc3)s2)cc1. The highest BCUT2D eigenvalue weighted by atomic mass is 32.2. The van der Waals surface area contributed by atoms with E-state index in [4.69, 9.17) is 9.47 Å². The average Bonchev–Trinajstić information content (AvgIpc) is 3.15. The molecule has 0 aliphatic rings. The second kappa shape index (κ2) is 9.38. The smallest absolute Gasteiger partial charge is 0.266 e. The zero-order valence-electron chi connectivity index (χ0n) is 14.9. The van der Waals surface area contributed by atoms with E-state index in [1.807, 2.05) is 18.2 Å². The zero-order chi connectivity index (χ0) is 19.1. The minimum atomic E-state index is -0.664. The molecular weight excluding hydrogens is 382 g/mol. The zero-order valence-corrected chi connectivity index (χ0v) is 16.5. The molecule has 1 amide bonds. The Hall–Kier alpha value is -2.58. The monoisotopic (exact) mass is 401 g/mol. The van der Waals surface area contributed by atoms with Gasteiger partial charge in [-0.05, 0) is 36.8 Å². The van der Waals surface area contributed by atoms with Crippen molar-refractivity contribution in [3.05, 3.63) is 60.2 Å². The number of hydrogen-bond donors (Lipinski definition) is 1. The molecular formula is C19H19N3O3S2. The maximum absolute atomic E-state index is 12.3. The first-order chi connectivity index (χ1) is 13.1. The lowest BCUT2D eigenvalue weighted by Gasteiger charge is -2.13. The van der Waals surface area contributed by atoms with Gasteiger partial charge in [0.1, 0.15) is 11.5 Å². The van der Waals surface area contributed by atoms with E-state index in [0.717, 1.165) is 15.8 Å². The van der Waals surface area contributed by atoms with Crippen molar-refractivity contribution in [2.75, 3.05) is 12.4 Å². The summed E-state index contributed by atoms with van der Waals surface area (Å²) in [4.78, 5) is 12.3.